The molecular weight excluding hydrogens is 266 g/mol. The fourth-order valence-electron chi connectivity index (χ4n) is 1.84. The summed E-state index contributed by atoms with van der Waals surface area (Å²) in [7, 11) is 0. The minimum atomic E-state index is 0.473. The fourth-order valence-corrected chi connectivity index (χ4v) is 1.84. The zero-order chi connectivity index (χ0) is 15.1. The van der Waals surface area contributed by atoms with Crippen molar-refractivity contribution in [2.24, 2.45) is 5.16 Å². The van der Waals surface area contributed by atoms with Gasteiger partial charge in [-0.2, -0.15) is 0 Å². The van der Waals surface area contributed by atoms with Crippen LogP contribution in [0.4, 0.5) is 0 Å². The molecule has 0 amide bonds. The summed E-state index contributed by atoms with van der Waals surface area (Å²) in [5.41, 5.74) is 3.29. The van der Waals surface area contributed by atoms with Crippen molar-refractivity contribution < 1.29 is 14.7 Å². The molecule has 1 N–H and O–H groups in total. The molecule has 110 valence electrons. The molecule has 0 aliphatic rings. The van der Waals surface area contributed by atoms with E-state index in [1.807, 2.05) is 42.5 Å². The maximum absolute atomic E-state index is 8.43. The summed E-state index contributed by atoms with van der Waals surface area (Å²) in [5.74, 6) is 1.62. The van der Waals surface area contributed by atoms with Gasteiger partial charge >= 0.3 is 0 Å². The number of aryl methyl sites for hydroxylation is 2. The van der Waals surface area contributed by atoms with Gasteiger partial charge in [0.15, 0.2) is 0 Å². The summed E-state index contributed by atoms with van der Waals surface area (Å²) < 4.78 is 11.2. The van der Waals surface area contributed by atoms with E-state index in [9.17, 15) is 0 Å². The SMILES string of the molecule is Cc1ccc(OCCOc2ccc(C=NO)cc2)cc1C. The molecule has 0 aliphatic heterocycles. The van der Waals surface area contributed by atoms with Crippen LogP contribution < -0.4 is 9.47 Å². The predicted molar refractivity (Wildman–Crippen MR) is 82.7 cm³/mol. The average Bonchev–Trinajstić information content (AvgIpc) is 2.49. The highest BCUT2D eigenvalue weighted by Gasteiger charge is 1.98. The largest absolute Gasteiger partial charge is 0.490 e. The van der Waals surface area contributed by atoms with Gasteiger partial charge < -0.3 is 14.7 Å². The number of oxime groups is 1. The Morgan fingerprint density at radius 2 is 1.52 bits per heavy atom. The number of hydrogen-bond donors (Lipinski definition) is 1. The molecule has 0 atom stereocenters. The van der Waals surface area contributed by atoms with Crippen molar-refractivity contribution in [2.45, 2.75) is 13.8 Å². The molecule has 2 aromatic rings. The fraction of sp³-hybridized carbons (Fsp3) is 0.235. The molecular formula is C17H19NO3. The molecule has 0 saturated heterocycles. The third-order valence-electron chi connectivity index (χ3n) is 3.19. The first-order valence-corrected chi connectivity index (χ1v) is 6.79. The third-order valence-corrected chi connectivity index (χ3v) is 3.19. The Morgan fingerprint density at radius 1 is 0.905 bits per heavy atom. The average molecular weight is 285 g/mol. The summed E-state index contributed by atoms with van der Waals surface area (Å²) in [5, 5.41) is 11.4. The molecule has 0 aliphatic carbocycles. The molecule has 4 heteroatoms. The van der Waals surface area contributed by atoms with E-state index in [4.69, 9.17) is 14.7 Å². The van der Waals surface area contributed by atoms with Gasteiger partial charge in [0.25, 0.3) is 0 Å². The molecule has 0 unspecified atom stereocenters. The van der Waals surface area contributed by atoms with Crippen LogP contribution in [0.15, 0.2) is 47.6 Å². The lowest BCUT2D eigenvalue weighted by molar-refractivity contribution is 0.217. The van der Waals surface area contributed by atoms with Crippen LogP contribution in [0.5, 0.6) is 11.5 Å². The molecule has 0 spiro atoms. The van der Waals surface area contributed by atoms with Gasteiger partial charge in [-0.1, -0.05) is 11.2 Å². The normalized spacial score (nSPS) is 10.8. The lowest BCUT2D eigenvalue weighted by atomic mass is 10.1. The maximum atomic E-state index is 8.43. The van der Waals surface area contributed by atoms with Gasteiger partial charge in [-0.15, -0.1) is 0 Å². The molecule has 0 fully saturated rings. The van der Waals surface area contributed by atoms with E-state index in [1.165, 1.54) is 17.3 Å². The van der Waals surface area contributed by atoms with Crippen LogP contribution in [0.3, 0.4) is 0 Å². The van der Waals surface area contributed by atoms with Gasteiger partial charge in [0.05, 0.1) is 6.21 Å². The van der Waals surface area contributed by atoms with Gasteiger partial charge in [-0.25, -0.2) is 0 Å². The number of nitrogens with zero attached hydrogens (tertiary/aromatic N) is 1. The van der Waals surface area contributed by atoms with Gasteiger partial charge in [-0.3, -0.25) is 0 Å². The van der Waals surface area contributed by atoms with Crippen LogP contribution >= 0.6 is 0 Å². The van der Waals surface area contributed by atoms with E-state index >= 15 is 0 Å². The Morgan fingerprint density at radius 3 is 2.14 bits per heavy atom. The number of rotatable bonds is 6. The van der Waals surface area contributed by atoms with Gasteiger partial charge in [0.2, 0.25) is 0 Å². The second-order valence-electron chi connectivity index (χ2n) is 4.76. The summed E-state index contributed by atoms with van der Waals surface area (Å²) in [6.07, 6.45) is 1.37. The van der Waals surface area contributed by atoms with Crippen molar-refractivity contribution in [3.8, 4) is 11.5 Å². The first kappa shape index (κ1) is 14.9. The van der Waals surface area contributed by atoms with Crippen molar-refractivity contribution in [1.82, 2.24) is 0 Å². The van der Waals surface area contributed by atoms with Crippen LogP contribution in [-0.4, -0.2) is 24.6 Å². The van der Waals surface area contributed by atoms with Gasteiger partial charge in [0, 0.05) is 0 Å². The Balaban J connectivity index is 1.77. The quantitative estimate of drug-likeness (QED) is 0.382. The highest BCUT2D eigenvalue weighted by molar-refractivity contribution is 5.79. The Hall–Kier alpha value is -2.49. The van der Waals surface area contributed by atoms with Crippen LogP contribution in [0.1, 0.15) is 16.7 Å². The second kappa shape index (κ2) is 7.33. The van der Waals surface area contributed by atoms with Crippen molar-refractivity contribution >= 4 is 6.21 Å². The van der Waals surface area contributed by atoms with E-state index < -0.39 is 0 Å². The molecule has 4 nitrogen and oxygen atoms in total. The maximum Gasteiger partial charge on any atom is 0.122 e. The smallest absolute Gasteiger partial charge is 0.122 e. The van der Waals surface area contributed by atoms with E-state index in [-0.39, 0.29) is 0 Å². The monoisotopic (exact) mass is 285 g/mol. The molecule has 21 heavy (non-hydrogen) atoms. The summed E-state index contributed by atoms with van der Waals surface area (Å²) in [6, 6.07) is 13.3. The van der Waals surface area contributed by atoms with Crippen LogP contribution in [-0.2, 0) is 0 Å². The third kappa shape index (κ3) is 4.53. The minimum Gasteiger partial charge on any atom is -0.490 e. The van der Waals surface area contributed by atoms with E-state index in [0.29, 0.717) is 13.2 Å². The standard InChI is InChI=1S/C17H19NO3/c1-13-3-6-17(11-14(13)2)21-10-9-20-16-7-4-15(5-8-16)12-18-19/h3-8,11-12,19H,9-10H2,1-2H3. The number of hydrogen-bond acceptors (Lipinski definition) is 4. The zero-order valence-corrected chi connectivity index (χ0v) is 12.2. The van der Waals surface area contributed by atoms with Crippen LogP contribution in [0, 0.1) is 13.8 Å². The molecule has 2 aromatic carbocycles. The Bertz CT molecular complexity index is 606. The van der Waals surface area contributed by atoms with Crippen LogP contribution in [0.25, 0.3) is 0 Å². The summed E-state index contributed by atoms with van der Waals surface area (Å²) in [4.78, 5) is 0. The van der Waals surface area contributed by atoms with Gasteiger partial charge in [-0.05, 0) is 66.9 Å². The zero-order valence-electron chi connectivity index (χ0n) is 12.2. The van der Waals surface area contributed by atoms with Crippen molar-refractivity contribution in [3.63, 3.8) is 0 Å². The highest BCUT2D eigenvalue weighted by atomic mass is 16.5. The lowest BCUT2D eigenvalue weighted by Crippen LogP contribution is -2.09. The van der Waals surface area contributed by atoms with E-state index in [2.05, 4.69) is 19.0 Å². The number of ether oxygens (including phenoxy) is 2. The van der Waals surface area contributed by atoms with Crippen LogP contribution in [0.2, 0.25) is 0 Å². The second-order valence-corrected chi connectivity index (χ2v) is 4.76. The summed E-state index contributed by atoms with van der Waals surface area (Å²) >= 11 is 0. The molecule has 0 aromatic heterocycles. The topological polar surface area (TPSA) is 51.0 Å². The number of benzene rings is 2. The minimum absolute atomic E-state index is 0.473. The van der Waals surface area contributed by atoms with Crippen molar-refractivity contribution in [3.05, 3.63) is 59.2 Å². The molecule has 0 heterocycles. The molecule has 0 bridgehead atoms. The first-order valence-electron chi connectivity index (χ1n) is 6.79. The van der Waals surface area contributed by atoms with E-state index in [0.717, 1.165) is 17.1 Å². The Labute approximate surface area is 124 Å². The highest BCUT2D eigenvalue weighted by Crippen LogP contribution is 2.16. The molecule has 0 saturated carbocycles. The summed E-state index contributed by atoms with van der Waals surface area (Å²) in [6.45, 7) is 5.10. The molecule has 0 radical (unpaired) electrons. The predicted octanol–water partition coefficient (Wildman–Crippen LogP) is 3.57. The lowest BCUT2D eigenvalue weighted by Gasteiger charge is -2.09. The van der Waals surface area contributed by atoms with Crippen molar-refractivity contribution in [2.75, 3.05) is 13.2 Å². The molecule has 2 rings (SSSR count). The first-order chi connectivity index (χ1) is 10.2. The van der Waals surface area contributed by atoms with E-state index in [1.54, 1.807) is 0 Å². The van der Waals surface area contributed by atoms with Crippen molar-refractivity contribution in [1.29, 1.82) is 0 Å². The van der Waals surface area contributed by atoms with Gasteiger partial charge in [0.1, 0.15) is 24.7 Å². The Kier molecular flexibility index (Phi) is 5.21.